The van der Waals surface area contributed by atoms with Crippen molar-refractivity contribution in [3.8, 4) is 0 Å². The van der Waals surface area contributed by atoms with E-state index in [1.54, 1.807) is 0 Å². The Morgan fingerprint density at radius 2 is 2.33 bits per heavy atom. The lowest BCUT2D eigenvalue weighted by Gasteiger charge is -2.23. The van der Waals surface area contributed by atoms with Crippen LogP contribution in [0.5, 0.6) is 0 Å². The number of esters is 1. The fourth-order valence-electron chi connectivity index (χ4n) is 1.05. The van der Waals surface area contributed by atoms with E-state index in [4.69, 9.17) is 4.74 Å². The molecule has 1 heterocycles. The molecule has 1 atom stereocenters. The van der Waals surface area contributed by atoms with Gasteiger partial charge in [-0.25, -0.2) is 0 Å². The second-order valence-corrected chi connectivity index (χ2v) is 2.66. The third-order valence-electron chi connectivity index (χ3n) is 1.61. The average molecular weight is 195 g/mol. The Balaban J connectivity index is 0.00000121. The van der Waals surface area contributed by atoms with Crippen LogP contribution in [0.2, 0.25) is 0 Å². The van der Waals surface area contributed by atoms with Gasteiger partial charge in [0.05, 0.1) is 6.04 Å². The fraction of sp³-hybridized carbons (Fsp3) is 0.857. The Labute approximate surface area is 78.5 Å². The molecule has 0 aromatic rings. The summed E-state index contributed by atoms with van der Waals surface area (Å²) in [4.78, 5) is 10.4. The van der Waals surface area contributed by atoms with E-state index in [2.05, 4.69) is 10.6 Å². The smallest absolute Gasteiger partial charge is 0.302 e. The van der Waals surface area contributed by atoms with Gasteiger partial charge in [-0.3, -0.25) is 4.79 Å². The number of halogens is 1. The zero-order chi connectivity index (χ0) is 8.10. The zero-order valence-corrected chi connectivity index (χ0v) is 7.95. The van der Waals surface area contributed by atoms with Crippen LogP contribution in [0, 0.1) is 0 Å². The molecular weight excluding hydrogens is 180 g/mol. The van der Waals surface area contributed by atoms with Gasteiger partial charge in [-0.15, -0.1) is 12.4 Å². The van der Waals surface area contributed by atoms with Crippen LogP contribution in [-0.4, -0.2) is 38.3 Å². The zero-order valence-electron chi connectivity index (χ0n) is 7.13. The molecule has 1 saturated heterocycles. The summed E-state index contributed by atoms with van der Waals surface area (Å²) in [6.07, 6.45) is 0. The van der Waals surface area contributed by atoms with Gasteiger partial charge < -0.3 is 15.4 Å². The molecule has 0 aromatic heterocycles. The molecule has 2 N–H and O–H groups in total. The highest BCUT2D eigenvalue weighted by Crippen LogP contribution is 1.88. The molecule has 0 amide bonds. The van der Waals surface area contributed by atoms with Crippen molar-refractivity contribution in [3.05, 3.63) is 0 Å². The van der Waals surface area contributed by atoms with Crippen molar-refractivity contribution in [3.63, 3.8) is 0 Å². The molecule has 0 aliphatic carbocycles. The van der Waals surface area contributed by atoms with Crippen LogP contribution in [0.1, 0.15) is 6.92 Å². The van der Waals surface area contributed by atoms with E-state index >= 15 is 0 Å². The second-order valence-electron chi connectivity index (χ2n) is 2.66. The maximum Gasteiger partial charge on any atom is 0.302 e. The number of carbonyl (C=O) groups is 1. The Morgan fingerprint density at radius 1 is 1.58 bits per heavy atom. The van der Waals surface area contributed by atoms with Crippen LogP contribution in [-0.2, 0) is 9.53 Å². The number of piperazine rings is 1. The number of rotatable bonds is 2. The number of carbonyl (C=O) groups excluding carboxylic acids is 1. The van der Waals surface area contributed by atoms with Crippen LogP contribution in [0.3, 0.4) is 0 Å². The summed E-state index contributed by atoms with van der Waals surface area (Å²) in [5.74, 6) is -0.211. The third kappa shape index (κ3) is 4.54. The van der Waals surface area contributed by atoms with Gasteiger partial charge in [0.15, 0.2) is 0 Å². The van der Waals surface area contributed by atoms with Crippen LogP contribution >= 0.6 is 12.4 Å². The van der Waals surface area contributed by atoms with Crippen molar-refractivity contribution in [2.45, 2.75) is 13.0 Å². The minimum Gasteiger partial charge on any atom is -0.464 e. The van der Waals surface area contributed by atoms with Crippen molar-refractivity contribution in [1.29, 1.82) is 0 Å². The van der Waals surface area contributed by atoms with Gasteiger partial charge in [-0.1, -0.05) is 0 Å². The molecule has 1 unspecified atom stereocenters. The molecule has 0 aromatic carbocycles. The van der Waals surface area contributed by atoms with Crippen LogP contribution in [0.4, 0.5) is 0 Å². The summed E-state index contributed by atoms with van der Waals surface area (Å²) >= 11 is 0. The summed E-state index contributed by atoms with van der Waals surface area (Å²) in [6.45, 7) is 4.73. The first-order valence-electron chi connectivity index (χ1n) is 3.86. The van der Waals surface area contributed by atoms with Crippen LogP contribution in [0.25, 0.3) is 0 Å². The molecule has 0 saturated carbocycles. The van der Waals surface area contributed by atoms with E-state index < -0.39 is 0 Å². The van der Waals surface area contributed by atoms with E-state index in [-0.39, 0.29) is 24.4 Å². The molecule has 72 valence electrons. The van der Waals surface area contributed by atoms with Gasteiger partial charge >= 0.3 is 5.97 Å². The molecule has 1 rings (SSSR count). The molecular formula is C7H15ClN2O2. The van der Waals surface area contributed by atoms with Crippen molar-refractivity contribution >= 4 is 18.4 Å². The van der Waals surface area contributed by atoms with Crippen molar-refractivity contribution in [2.24, 2.45) is 0 Å². The highest BCUT2D eigenvalue weighted by atomic mass is 35.5. The van der Waals surface area contributed by atoms with Crippen LogP contribution < -0.4 is 10.6 Å². The molecule has 0 radical (unpaired) electrons. The fourth-order valence-corrected chi connectivity index (χ4v) is 1.05. The molecule has 1 aliphatic heterocycles. The Hall–Kier alpha value is -0.320. The summed E-state index contributed by atoms with van der Waals surface area (Å²) in [7, 11) is 0. The molecule has 1 aliphatic rings. The Bertz CT molecular complexity index is 137. The lowest BCUT2D eigenvalue weighted by atomic mass is 10.2. The van der Waals surface area contributed by atoms with Gasteiger partial charge in [0, 0.05) is 26.6 Å². The largest absolute Gasteiger partial charge is 0.464 e. The summed E-state index contributed by atoms with van der Waals surface area (Å²) in [6, 6.07) is 0.285. The maximum absolute atomic E-state index is 10.4. The van der Waals surface area contributed by atoms with Crippen molar-refractivity contribution in [1.82, 2.24) is 10.6 Å². The highest BCUT2D eigenvalue weighted by Gasteiger charge is 2.12. The van der Waals surface area contributed by atoms with Crippen LogP contribution in [0.15, 0.2) is 0 Å². The number of ether oxygens (including phenoxy) is 1. The highest BCUT2D eigenvalue weighted by molar-refractivity contribution is 5.85. The van der Waals surface area contributed by atoms with E-state index in [9.17, 15) is 4.79 Å². The average Bonchev–Trinajstić information content (AvgIpc) is 2.03. The number of hydrogen-bond acceptors (Lipinski definition) is 4. The van der Waals surface area contributed by atoms with Gasteiger partial charge in [-0.2, -0.15) is 0 Å². The lowest BCUT2D eigenvalue weighted by molar-refractivity contribution is -0.141. The molecule has 1 fully saturated rings. The molecule has 0 spiro atoms. The standard InChI is InChI=1S/C7H14N2O2.ClH/c1-6(10)11-5-7-4-8-2-3-9-7;/h7-9H,2-5H2,1H3;1H. The SMILES string of the molecule is CC(=O)OCC1CNCCN1.Cl. The normalized spacial score (nSPS) is 22.6. The topological polar surface area (TPSA) is 50.4 Å². The Morgan fingerprint density at radius 3 is 2.83 bits per heavy atom. The predicted molar refractivity (Wildman–Crippen MR) is 48.5 cm³/mol. The minimum atomic E-state index is -0.211. The van der Waals surface area contributed by atoms with Gasteiger partial charge in [0.25, 0.3) is 0 Å². The molecule has 0 bridgehead atoms. The summed E-state index contributed by atoms with van der Waals surface area (Å²) in [5.41, 5.74) is 0. The Kier molecular flexibility index (Phi) is 6.06. The molecule has 4 nitrogen and oxygen atoms in total. The first-order chi connectivity index (χ1) is 5.29. The minimum absolute atomic E-state index is 0. The lowest BCUT2D eigenvalue weighted by Crippen LogP contribution is -2.50. The quantitative estimate of drug-likeness (QED) is 0.584. The first-order valence-corrected chi connectivity index (χ1v) is 3.86. The summed E-state index contributed by atoms with van der Waals surface area (Å²) < 4.78 is 4.84. The monoisotopic (exact) mass is 194 g/mol. The van der Waals surface area contributed by atoms with E-state index in [0.29, 0.717) is 6.61 Å². The number of hydrogen-bond donors (Lipinski definition) is 2. The third-order valence-corrected chi connectivity index (χ3v) is 1.61. The maximum atomic E-state index is 10.4. The van der Waals surface area contributed by atoms with Crippen molar-refractivity contribution < 1.29 is 9.53 Å². The first kappa shape index (κ1) is 11.7. The van der Waals surface area contributed by atoms with Crippen molar-refractivity contribution in [2.75, 3.05) is 26.2 Å². The van der Waals surface area contributed by atoms with Gasteiger partial charge in [-0.05, 0) is 0 Å². The van der Waals surface area contributed by atoms with E-state index in [1.807, 2.05) is 0 Å². The second kappa shape index (κ2) is 6.22. The van der Waals surface area contributed by atoms with Gasteiger partial charge in [0.1, 0.15) is 6.61 Å². The molecule has 12 heavy (non-hydrogen) atoms. The summed E-state index contributed by atoms with van der Waals surface area (Å²) in [5, 5.41) is 6.44. The van der Waals surface area contributed by atoms with E-state index in [0.717, 1.165) is 19.6 Å². The predicted octanol–water partition coefficient (Wildman–Crippen LogP) is -0.467. The van der Waals surface area contributed by atoms with E-state index in [1.165, 1.54) is 6.92 Å². The van der Waals surface area contributed by atoms with Gasteiger partial charge in [0.2, 0.25) is 0 Å². The number of nitrogens with one attached hydrogen (secondary N) is 2. The molecule has 5 heteroatoms.